The number of benzene rings is 1. The molecule has 3 rings (SSSR count). The Morgan fingerprint density at radius 3 is 3.00 bits per heavy atom. The number of anilines is 2. The Balaban J connectivity index is 1.96. The van der Waals surface area contributed by atoms with Crippen LogP contribution >= 0.6 is 0 Å². The summed E-state index contributed by atoms with van der Waals surface area (Å²) in [5.74, 6) is 0.422. The molecule has 0 fully saturated rings. The van der Waals surface area contributed by atoms with Gasteiger partial charge in [-0.3, -0.25) is 14.8 Å². The Hall–Kier alpha value is -2.57. The van der Waals surface area contributed by atoms with Gasteiger partial charge in [-0.1, -0.05) is 12.1 Å². The zero-order valence-electron chi connectivity index (χ0n) is 11.1. The van der Waals surface area contributed by atoms with Crippen molar-refractivity contribution in [3.05, 3.63) is 45.6 Å². The van der Waals surface area contributed by atoms with Gasteiger partial charge in [-0.05, 0) is 23.6 Å². The number of aromatic nitrogens is 2. The summed E-state index contributed by atoms with van der Waals surface area (Å²) in [4.78, 5) is 12.6. The van der Waals surface area contributed by atoms with E-state index in [1.807, 2.05) is 23.1 Å². The Morgan fingerprint density at radius 1 is 1.45 bits per heavy atom. The van der Waals surface area contributed by atoms with E-state index < -0.39 is 4.92 Å². The minimum Gasteiger partial charge on any atom is -0.398 e. The molecule has 0 aliphatic carbocycles. The maximum atomic E-state index is 11.1. The van der Waals surface area contributed by atoms with Crippen LogP contribution in [-0.2, 0) is 20.0 Å². The van der Waals surface area contributed by atoms with Gasteiger partial charge in [0.2, 0.25) is 5.82 Å². The molecular formula is C13H15N5O2. The van der Waals surface area contributed by atoms with E-state index in [1.165, 1.54) is 10.9 Å². The third-order valence-electron chi connectivity index (χ3n) is 3.59. The molecule has 1 aliphatic heterocycles. The van der Waals surface area contributed by atoms with E-state index in [2.05, 4.69) is 5.10 Å². The molecule has 7 heteroatoms. The van der Waals surface area contributed by atoms with Crippen LogP contribution in [0.15, 0.2) is 24.4 Å². The van der Waals surface area contributed by atoms with E-state index in [-0.39, 0.29) is 5.69 Å². The van der Waals surface area contributed by atoms with Crippen molar-refractivity contribution in [3.63, 3.8) is 0 Å². The van der Waals surface area contributed by atoms with Gasteiger partial charge < -0.3 is 10.6 Å². The molecule has 0 amide bonds. The normalized spacial score (nSPS) is 14.2. The average Bonchev–Trinajstić information content (AvgIpc) is 2.81. The van der Waals surface area contributed by atoms with E-state index in [1.54, 1.807) is 7.05 Å². The number of nitrogen functional groups attached to an aromatic ring is 1. The van der Waals surface area contributed by atoms with E-state index in [4.69, 9.17) is 5.73 Å². The van der Waals surface area contributed by atoms with Crippen LogP contribution in [0.5, 0.6) is 0 Å². The smallest absolute Gasteiger partial charge is 0.330 e. The lowest BCUT2D eigenvalue weighted by Gasteiger charge is -2.29. The van der Waals surface area contributed by atoms with Crippen molar-refractivity contribution < 1.29 is 4.92 Å². The van der Waals surface area contributed by atoms with E-state index in [0.717, 1.165) is 23.2 Å². The minimum absolute atomic E-state index is 0.0415. The fourth-order valence-electron chi connectivity index (χ4n) is 2.64. The van der Waals surface area contributed by atoms with Crippen molar-refractivity contribution in [1.29, 1.82) is 0 Å². The fourth-order valence-corrected chi connectivity index (χ4v) is 2.64. The van der Waals surface area contributed by atoms with Crippen molar-refractivity contribution in [2.24, 2.45) is 7.05 Å². The van der Waals surface area contributed by atoms with Gasteiger partial charge in [-0.25, -0.2) is 0 Å². The summed E-state index contributed by atoms with van der Waals surface area (Å²) in [6.07, 6.45) is 2.21. The number of rotatable bonds is 2. The number of aryl methyl sites for hydroxylation is 1. The van der Waals surface area contributed by atoms with Crippen LogP contribution in [0.4, 0.5) is 17.2 Å². The van der Waals surface area contributed by atoms with Crippen molar-refractivity contribution in [3.8, 4) is 0 Å². The second-order valence-corrected chi connectivity index (χ2v) is 4.93. The number of hydrogen-bond donors (Lipinski definition) is 1. The van der Waals surface area contributed by atoms with Gasteiger partial charge in [0, 0.05) is 25.8 Å². The summed E-state index contributed by atoms with van der Waals surface area (Å²) in [6, 6.07) is 5.80. The van der Waals surface area contributed by atoms with E-state index in [0.29, 0.717) is 18.9 Å². The Morgan fingerprint density at radius 2 is 2.25 bits per heavy atom. The van der Waals surface area contributed by atoms with Crippen LogP contribution in [0, 0.1) is 10.1 Å². The summed E-state index contributed by atoms with van der Waals surface area (Å²) in [5, 5.41) is 15.3. The molecule has 0 bridgehead atoms. The van der Waals surface area contributed by atoms with Crippen molar-refractivity contribution in [2.45, 2.75) is 13.0 Å². The second-order valence-electron chi connectivity index (χ2n) is 4.93. The summed E-state index contributed by atoms with van der Waals surface area (Å²) in [6.45, 7) is 1.28. The van der Waals surface area contributed by atoms with Gasteiger partial charge in [0.05, 0.1) is 4.92 Å². The lowest BCUT2D eigenvalue weighted by Crippen LogP contribution is -2.31. The average molecular weight is 273 g/mol. The van der Waals surface area contributed by atoms with Crippen LogP contribution in [-0.4, -0.2) is 21.2 Å². The predicted octanol–water partition coefficient (Wildman–Crippen LogP) is 1.47. The van der Waals surface area contributed by atoms with Crippen LogP contribution < -0.4 is 10.6 Å². The van der Waals surface area contributed by atoms with Crippen LogP contribution in [0.2, 0.25) is 0 Å². The second kappa shape index (κ2) is 4.52. The summed E-state index contributed by atoms with van der Waals surface area (Å²) in [5.41, 5.74) is 9.04. The number of fused-ring (bicyclic) bond motifs is 1. The molecule has 2 aromatic rings. The maximum absolute atomic E-state index is 11.1. The number of nitrogens with two attached hydrogens (primary N) is 1. The van der Waals surface area contributed by atoms with Gasteiger partial charge in [-0.15, -0.1) is 5.10 Å². The molecule has 7 nitrogen and oxygen atoms in total. The molecule has 20 heavy (non-hydrogen) atoms. The highest BCUT2D eigenvalue weighted by molar-refractivity contribution is 5.60. The Kier molecular flexibility index (Phi) is 2.81. The quantitative estimate of drug-likeness (QED) is 0.508. The molecule has 0 spiro atoms. The molecule has 0 unspecified atom stereocenters. The molecule has 2 heterocycles. The Bertz CT molecular complexity index is 679. The highest BCUT2D eigenvalue weighted by atomic mass is 16.6. The van der Waals surface area contributed by atoms with E-state index in [9.17, 15) is 10.1 Å². The highest BCUT2D eigenvalue weighted by Gasteiger charge is 2.27. The predicted molar refractivity (Wildman–Crippen MR) is 75.5 cm³/mol. The summed E-state index contributed by atoms with van der Waals surface area (Å²) >= 11 is 0. The van der Waals surface area contributed by atoms with Crippen LogP contribution in [0.25, 0.3) is 0 Å². The number of nitrogens with zero attached hydrogens (tertiary/aromatic N) is 4. The molecule has 1 aromatic heterocycles. The SMILES string of the molecule is Cn1cc([N+](=O)[O-])c(N2CCc3c(N)cccc3C2)n1. The van der Waals surface area contributed by atoms with Crippen molar-refractivity contribution >= 4 is 17.2 Å². The van der Waals surface area contributed by atoms with Crippen molar-refractivity contribution in [2.75, 3.05) is 17.2 Å². The number of nitro groups is 1. The van der Waals surface area contributed by atoms with E-state index >= 15 is 0 Å². The van der Waals surface area contributed by atoms with Gasteiger partial charge in [0.15, 0.2) is 0 Å². The highest BCUT2D eigenvalue weighted by Crippen LogP contribution is 2.31. The van der Waals surface area contributed by atoms with Gasteiger partial charge in [-0.2, -0.15) is 0 Å². The third kappa shape index (κ3) is 1.97. The summed E-state index contributed by atoms with van der Waals surface area (Å²) in [7, 11) is 1.69. The Labute approximate surface area is 115 Å². The zero-order chi connectivity index (χ0) is 14.3. The third-order valence-corrected chi connectivity index (χ3v) is 3.59. The first-order valence-corrected chi connectivity index (χ1v) is 6.35. The van der Waals surface area contributed by atoms with Gasteiger partial charge in [0.1, 0.15) is 6.20 Å². The molecule has 1 aliphatic rings. The molecule has 1 aromatic carbocycles. The van der Waals surface area contributed by atoms with Crippen molar-refractivity contribution in [1.82, 2.24) is 9.78 Å². The standard InChI is InChI=1S/C13H15N5O2/c1-16-8-12(18(19)20)13(15-16)17-6-5-10-9(7-17)3-2-4-11(10)14/h2-4,8H,5-7,14H2,1H3. The van der Waals surface area contributed by atoms with Gasteiger partial charge in [0.25, 0.3) is 0 Å². The first-order valence-electron chi connectivity index (χ1n) is 6.35. The molecular weight excluding hydrogens is 258 g/mol. The first kappa shape index (κ1) is 12.5. The lowest BCUT2D eigenvalue weighted by molar-refractivity contribution is -0.384. The van der Waals surface area contributed by atoms with Crippen LogP contribution in [0.3, 0.4) is 0 Å². The first-order chi connectivity index (χ1) is 9.56. The molecule has 0 atom stereocenters. The topological polar surface area (TPSA) is 90.2 Å². The monoisotopic (exact) mass is 273 g/mol. The van der Waals surface area contributed by atoms with Crippen LogP contribution in [0.1, 0.15) is 11.1 Å². The molecule has 104 valence electrons. The van der Waals surface area contributed by atoms with Gasteiger partial charge >= 0.3 is 5.69 Å². The lowest BCUT2D eigenvalue weighted by atomic mass is 9.98. The summed E-state index contributed by atoms with van der Waals surface area (Å²) < 4.78 is 1.47. The maximum Gasteiger partial charge on any atom is 0.330 e. The largest absolute Gasteiger partial charge is 0.398 e. The zero-order valence-corrected chi connectivity index (χ0v) is 11.1. The molecule has 0 saturated carbocycles. The minimum atomic E-state index is -0.392. The number of hydrogen-bond acceptors (Lipinski definition) is 5. The fraction of sp³-hybridized carbons (Fsp3) is 0.308. The molecule has 2 N–H and O–H groups in total. The molecule has 0 radical (unpaired) electrons. The molecule has 0 saturated heterocycles.